The summed E-state index contributed by atoms with van der Waals surface area (Å²) in [5.41, 5.74) is 0. The molecule has 1 aliphatic rings. The summed E-state index contributed by atoms with van der Waals surface area (Å²) in [6, 6.07) is 1.69. The minimum absolute atomic E-state index is 0.172. The van der Waals surface area contributed by atoms with Crippen molar-refractivity contribution in [1.82, 2.24) is 9.97 Å². The van der Waals surface area contributed by atoms with Crippen molar-refractivity contribution in [3.63, 3.8) is 0 Å². The number of methoxy groups -OCH3 is 1. The zero-order valence-electron chi connectivity index (χ0n) is 9.22. The molecule has 16 heavy (non-hydrogen) atoms. The lowest BCUT2D eigenvalue weighted by molar-refractivity contribution is 0.0217. The van der Waals surface area contributed by atoms with Crippen LogP contribution < -0.4 is 4.90 Å². The Morgan fingerprint density at radius 3 is 2.81 bits per heavy atom. The summed E-state index contributed by atoms with van der Waals surface area (Å²) in [5.74, 6) is 1.36. The maximum atomic E-state index is 9.72. The van der Waals surface area contributed by atoms with Gasteiger partial charge in [0.15, 0.2) is 0 Å². The van der Waals surface area contributed by atoms with Crippen LogP contribution in [0.3, 0.4) is 0 Å². The van der Waals surface area contributed by atoms with Gasteiger partial charge in [-0.3, -0.25) is 0 Å². The zero-order chi connectivity index (χ0) is 11.7. The first kappa shape index (κ1) is 11.6. The number of hydrogen-bond donors (Lipinski definition) is 1. The average molecular weight is 244 g/mol. The Morgan fingerprint density at radius 2 is 2.25 bits per heavy atom. The minimum atomic E-state index is -0.487. The van der Waals surface area contributed by atoms with E-state index < -0.39 is 6.10 Å². The van der Waals surface area contributed by atoms with E-state index in [9.17, 15) is 5.11 Å². The molecule has 0 bridgehead atoms. The molecule has 0 unspecified atom stereocenters. The number of aliphatic hydroxyl groups excluding tert-OH is 1. The highest BCUT2D eigenvalue weighted by Gasteiger charge is 2.32. The molecule has 0 amide bonds. The van der Waals surface area contributed by atoms with Crippen LogP contribution in [0.15, 0.2) is 6.07 Å². The van der Waals surface area contributed by atoms with E-state index in [0.29, 0.717) is 24.1 Å². The normalized spacial score (nSPS) is 25.1. The van der Waals surface area contributed by atoms with E-state index >= 15 is 0 Å². The monoisotopic (exact) mass is 243 g/mol. The summed E-state index contributed by atoms with van der Waals surface area (Å²) >= 11 is 5.86. The second kappa shape index (κ2) is 4.53. The Hall–Kier alpha value is -0.910. The number of ether oxygens (including phenoxy) is 1. The molecular weight excluding hydrogens is 230 g/mol. The molecule has 1 fully saturated rings. The van der Waals surface area contributed by atoms with E-state index in [0.717, 1.165) is 5.82 Å². The zero-order valence-corrected chi connectivity index (χ0v) is 9.98. The number of β-amino-alcohol motifs (C(OH)–C–C–N with tert-alkyl or cyclic N) is 1. The van der Waals surface area contributed by atoms with Crippen LogP contribution in [0.2, 0.25) is 5.15 Å². The van der Waals surface area contributed by atoms with E-state index in [-0.39, 0.29) is 6.10 Å². The van der Waals surface area contributed by atoms with Crippen LogP contribution in [0.5, 0.6) is 0 Å². The number of halogens is 1. The quantitative estimate of drug-likeness (QED) is 0.773. The molecular formula is C10H14ClN3O2. The van der Waals surface area contributed by atoms with Gasteiger partial charge in [0.1, 0.15) is 22.9 Å². The highest BCUT2D eigenvalue weighted by molar-refractivity contribution is 6.29. The standard InChI is InChI=1S/C10H14ClN3O2/c1-6-12-9(11)3-10(13-6)14-4-7(15)8(5-14)16-2/h3,7-8,15H,4-5H2,1-2H3/t7-,8-/m1/s1. The molecule has 1 N–H and O–H groups in total. The Balaban J connectivity index is 2.19. The summed E-state index contributed by atoms with van der Waals surface area (Å²) in [6.45, 7) is 2.91. The Bertz CT molecular complexity index is 368. The minimum Gasteiger partial charge on any atom is -0.388 e. The predicted molar refractivity (Wildman–Crippen MR) is 60.8 cm³/mol. The molecule has 0 spiro atoms. The van der Waals surface area contributed by atoms with Crippen LogP contribution in [0, 0.1) is 6.92 Å². The van der Waals surface area contributed by atoms with Gasteiger partial charge < -0.3 is 14.7 Å². The molecule has 1 aromatic heterocycles. The van der Waals surface area contributed by atoms with E-state index in [1.54, 1.807) is 20.1 Å². The lowest BCUT2D eigenvalue weighted by Gasteiger charge is -2.16. The first-order chi connectivity index (χ1) is 7.60. The summed E-state index contributed by atoms with van der Waals surface area (Å²) < 4.78 is 5.17. The van der Waals surface area contributed by atoms with Crippen molar-refractivity contribution < 1.29 is 9.84 Å². The van der Waals surface area contributed by atoms with Crippen LogP contribution >= 0.6 is 11.6 Å². The Kier molecular flexibility index (Phi) is 3.28. The van der Waals surface area contributed by atoms with Gasteiger partial charge in [-0.1, -0.05) is 11.6 Å². The molecule has 6 heteroatoms. The number of hydrogen-bond acceptors (Lipinski definition) is 5. The molecule has 2 atom stereocenters. The highest BCUT2D eigenvalue weighted by atomic mass is 35.5. The van der Waals surface area contributed by atoms with Gasteiger partial charge in [0.25, 0.3) is 0 Å². The maximum absolute atomic E-state index is 9.72. The number of aryl methyl sites for hydroxylation is 1. The van der Waals surface area contributed by atoms with Crippen LogP contribution in [0.4, 0.5) is 5.82 Å². The van der Waals surface area contributed by atoms with Gasteiger partial charge in [-0.2, -0.15) is 0 Å². The number of anilines is 1. The number of aliphatic hydroxyl groups is 1. The first-order valence-electron chi connectivity index (χ1n) is 5.07. The van der Waals surface area contributed by atoms with E-state index in [4.69, 9.17) is 16.3 Å². The van der Waals surface area contributed by atoms with Gasteiger partial charge in [0, 0.05) is 26.3 Å². The van der Waals surface area contributed by atoms with E-state index in [1.165, 1.54) is 0 Å². The maximum Gasteiger partial charge on any atom is 0.134 e. The second-order valence-electron chi connectivity index (χ2n) is 3.84. The molecule has 1 saturated heterocycles. The molecule has 0 saturated carbocycles. The SMILES string of the molecule is CO[C@@H]1CN(c2cc(Cl)nc(C)n2)C[C@H]1O. The molecule has 2 heterocycles. The van der Waals surface area contributed by atoms with Gasteiger partial charge in [-0.15, -0.1) is 0 Å². The van der Waals surface area contributed by atoms with Crippen LogP contribution in [0.25, 0.3) is 0 Å². The summed E-state index contributed by atoms with van der Waals surface area (Å²) in [5, 5.41) is 10.1. The van der Waals surface area contributed by atoms with Crippen molar-refractivity contribution in [2.45, 2.75) is 19.1 Å². The summed E-state index contributed by atoms with van der Waals surface area (Å²) in [4.78, 5) is 10.2. The summed E-state index contributed by atoms with van der Waals surface area (Å²) in [7, 11) is 1.59. The lowest BCUT2D eigenvalue weighted by atomic mass is 10.3. The summed E-state index contributed by atoms with van der Waals surface area (Å²) in [6.07, 6.45) is -0.659. The van der Waals surface area contributed by atoms with Crippen molar-refractivity contribution in [1.29, 1.82) is 0 Å². The molecule has 0 radical (unpaired) electrons. The Morgan fingerprint density at radius 1 is 1.50 bits per heavy atom. The van der Waals surface area contributed by atoms with E-state index in [2.05, 4.69) is 9.97 Å². The van der Waals surface area contributed by atoms with E-state index in [1.807, 2.05) is 4.90 Å². The predicted octanol–water partition coefficient (Wildman–Crippen LogP) is 0.634. The third-order valence-electron chi connectivity index (χ3n) is 2.66. The third-order valence-corrected chi connectivity index (χ3v) is 2.85. The van der Waals surface area contributed by atoms with Gasteiger partial charge >= 0.3 is 0 Å². The molecule has 5 nitrogen and oxygen atoms in total. The van der Waals surface area contributed by atoms with Crippen molar-refractivity contribution >= 4 is 17.4 Å². The lowest BCUT2D eigenvalue weighted by Crippen LogP contribution is -2.25. The van der Waals surface area contributed by atoms with Gasteiger partial charge in [-0.25, -0.2) is 9.97 Å². The number of nitrogens with zero attached hydrogens (tertiary/aromatic N) is 3. The molecule has 1 aromatic rings. The second-order valence-corrected chi connectivity index (χ2v) is 4.23. The Labute approximate surface area is 99.0 Å². The first-order valence-corrected chi connectivity index (χ1v) is 5.45. The third kappa shape index (κ3) is 2.26. The van der Waals surface area contributed by atoms with Crippen molar-refractivity contribution in [2.24, 2.45) is 0 Å². The van der Waals surface area contributed by atoms with Gasteiger partial charge in [0.05, 0.1) is 6.10 Å². The largest absolute Gasteiger partial charge is 0.388 e. The fraction of sp³-hybridized carbons (Fsp3) is 0.600. The number of rotatable bonds is 2. The molecule has 2 rings (SSSR count). The van der Waals surface area contributed by atoms with Crippen molar-refractivity contribution in [2.75, 3.05) is 25.1 Å². The number of aromatic nitrogens is 2. The smallest absolute Gasteiger partial charge is 0.134 e. The highest BCUT2D eigenvalue weighted by Crippen LogP contribution is 2.22. The van der Waals surface area contributed by atoms with Crippen LogP contribution in [-0.4, -0.2) is 47.5 Å². The molecule has 1 aliphatic heterocycles. The fourth-order valence-corrected chi connectivity index (χ4v) is 2.07. The molecule has 0 aromatic carbocycles. The topological polar surface area (TPSA) is 58.5 Å². The average Bonchev–Trinajstić information content (AvgIpc) is 2.58. The van der Waals surface area contributed by atoms with Crippen LogP contribution in [-0.2, 0) is 4.74 Å². The van der Waals surface area contributed by atoms with Crippen molar-refractivity contribution in [3.05, 3.63) is 17.0 Å². The molecule has 0 aliphatic carbocycles. The molecule has 88 valence electrons. The van der Waals surface area contributed by atoms with Gasteiger partial charge in [-0.05, 0) is 6.92 Å². The van der Waals surface area contributed by atoms with Crippen LogP contribution in [0.1, 0.15) is 5.82 Å². The van der Waals surface area contributed by atoms with Gasteiger partial charge in [0.2, 0.25) is 0 Å². The van der Waals surface area contributed by atoms with Crippen molar-refractivity contribution in [3.8, 4) is 0 Å². The fourth-order valence-electron chi connectivity index (χ4n) is 1.85.